The highest BCUT2D eigenvalue weighted by Crippen LogP contribution is 2.26. The van der Waals surface area contributed by atoms with E-state index in [-0.39, 0.29) is 14.4 Å². The Morgan fingerprint density at radius 2 is 1.21 bits per heavy atom. The predicted molar refractivity (Wildman–Crippen MR) is 150 cm³/mol. The molecule has 0 spiro atoms. The second kappa shape index (κ2) is 11.1. The molecule has 6 rings (SSSR count). The number of carboxylic acids is 1. The quantitative estimate of drug-likeness (QED) is 0.191. The number of ether oxygens (including phenoxy) is 1. The largest absolute Gasteiger partial charge is 0.508 e. The van der Waals surface area contributed by atoms with Crippen molar-refractivity contribution in [1.29, 1.82) is 0 Å². The van der Waals surface area contributed by atoms with Gasteiger partial charge in [-0.05, 0) is 48.5 Å². The molecule has 42 heavy (non-hydrogen) atoms. The fraction of sp³-hybridized carbons (Fsp3) is 0.0455. The SMILES string of the molecule is NS(=O)(=O)c1nn2cc(-c3ccc(O)cc3)nc2s1.NS(=O)(=O)c1nn2cc(-c3ccc(OCC(=O)O)cc3)nc2s1. The maximum absolute atomic E-state index is 11.2. The van der Waals surface area contributed by atoms with Crippen LogP contribution in [0.1, 0.15) is 0 Å². The summed E-state index contributed by atoms with van der Waals surface area (Å²) in [5, 5.41) is 35.5. The fourth-order valence-corrected chi connectivity index (χ4v) is 6.38. The molecule has 0 saturated heterocycles. The van der Waals surface area contributed by atoms with Gasteiger partial charge in [0.15, 0.2) is 6.61 Å². The number of nitrogens with zero attached hydrogens (tertiary/aromatic N) is 6. The van der Waals surface area contributed by atoms with Crippen molar-refractivity contribution in [2.45, 2.75) is 8.68 Å². The van der Waals surface area contributed by atoms with Crippen LogP contribution in [-0.4, -0.2) is 68.8 Å². The van der Waals surface area contributed by atoms with Gasteiger partial charge < -0.3 is 14.9 Å². The molecule has 0 amide bonds. The Morgan fingerprint density at radius 1 is 0.786 bits per heavy atom. The van der Waals surface area contributed by atoms with Crippen LogP contribution in [0.2, 0.25) is 0 Å². The summed E-state index contributed by atoms with van der Waals surface area (Å²) < 4.78 is 52.1. The molecular formula is C22H18N8O8S4. The molecule has 0 unspecified atom stereocenters. The zero-order valence-electron chi connectivity index (χ0n) is 20.8. The van der Waals surface area contributed by atoms with Gasteiger partial charge in [0.1, 0.15) is 11.5 Å². The summed E-state index contributed by atoms with van der Waals surface area (Å²) in [5.41, 5.74) is 2.78. The Hall–Kier alpha value is -4.47. The Balaban J connectivity index is 0.000000171. The van der Waals surface area contributed by atoms with Gasteiger partial charge in [-0.2, -0.15) is 0 Å². The minimum Gasteiger partial charge on any atom is -0.508 e. The molecule has 6 N–H and O–H groups in total. The maximum atomic E-state index is 11.2. The van der Waals surface area contributed by atoms with E-state index in [0.29, 0.717) is 27.1 Å². The standard InChI is InChI=1S/C12H10N4O5S2.C10H8N4O3S2/c13-23(19,20)12-15-16-5-9(14-11(16)22-12)7-1-3-8(4-2-7)21-6-10(17)18;11-19(16,17)10-13-14-5-8(12-9(14)18-10)6-1-3-7(15)4-2-6/h1-5H,6H2,(H,17,18)(H2,13,19,20);1-5,15H,(H2,11,16,17). The summed E-state index contributed by atoms with van der Waals surface area (Å²) in [5.74, 6) is -0.466. The lowest BCUT2D eigenvalue weighted by molar-refractivity contribution is -0.139. The molecule has 0 aliphatic heterocycles. The molecule has 4 heterocycles. The summed E-state index contributed by atoms with van der Waals surface area (Å²) in [4.78, 5) is 19.8. The number of benzene rings is 2. The van der Waals surface area contributed by atoms with Gasteiger partial charge in [0, 0.05) is 11.1 Å². The molecule has 0 aliphatic rings. The number of nitrogens with two attached hydrogens (primary N) is 2. The van der Waals surface area contributed by atoms with Crippen LogP contribution in [0.5, 0.6) is 11.5 Å². The molecule has 218 valence electrons. The zero-order chi connectivity index (χ0) is 30.2. The Morgan fingerprint density at radius 3 is 1.60 bits per heavy atom. The number of phenolic OH excluding ortho intramolecular Hbond substituents is 1. The average Bonchev–Trinajstić information content (AvgIpc) is 3.67. The van der Waals surface area contributed by atoms with Gasteiger partial charge in [-0.15, -0.1) is 10.2 Å². The number of carbonyl (C=O) groups is 1. The van der Waals surface area contributed by atoms with E-state index in [1.165, 1.54) is 9.03 Å². The summed E-state index contributed by atoms with van der Waals surface area (Å²) in [6.07, 6.45) is 3.18. The number of aromatic hydroxyl groups is 1. The first-order valence-corrected chi connectivity index (χ1v) is 16.0. The minimum absolute atomic E-state index is 0.166. The number of hydrogen-bond acceptors (Lipinski definition) is 13. The Labute approximate surface area is 244 Å². The lowest BCUT2D eigenvalue weighted by Crippen LogP contribution is -2.12. The topological polar surface area (TPSA) is 247 Å². The highest BCUT2D eigenvalue weighted by Gasteiger charge is 2.18. The normalized spacial score (nSPS) is 11.9. The highest BCUT2D eigenvalue weighted by atomic mass is 32.3. The van der Waals surface area contributed by atoms with Gasteiger partial charge in [0.2, 0.25) is 18.6 Å². The number of rotatable bonds is 7. The van der Waals surface area contributed by atoms with E-state index in [1.807, 2.05) is 0 Å². The maximum Gasteiger partial charge on any atom is 0.341 e. The number of sulfonamides is 2. The lowest BCUT2D eigenvalue weighted by Gasteiger charge is -2.03. The first-order valence-electron chi connectivity index (χ1n) is 11.3. The third-order valence-corrected chi connectivity index (χ3v) is 9.68. The molecular weight excluding hydrogens is 633 g/mol. The Kier molecular flexibility index (Phi) is 7.66. The van der Waals surface area contributed by atoms with Crippen molar-refractivity contribution in [3.05, 3.63) is 60.9 Å². The molecule has 4 aromatic heterocycles. The van der Waals surface area contributed by atoms with Crippen molar-refractivity contribution in [2.24, 2.45) is 10.3 Å². The third-order valence-electron chi connectivity index (χ3n) is 5.21. The molecule has 0 radical (unpaired) electrons. The van der Waals surface area contributed by atoms with E-state index in [1.54, 1.807) is 60.9 Å². The van der Waals surface area contributed by atoms with Crippen molar-refractivity contribution in [2.75, 3.05) is 6.61 Å². The number of hydrogen-bond donors (Lipinski definition) is 4. The van der Waals surface area contributed by atoms with Crippen LogP contribution in [0.15, 0.2) is 69.6 Å². The second-order valence-corrected chi connectivity index (χ2v) is 13.7. The van der Waals surface area contributed by atoms with Crippen molar-refractivity contribution < 1.29 is 36.6 Å². The van der Waals surface area contributed by atoms with E-state index in [2.05, 4.69) is 20.2 Å². The van der Waals surface area contributed by atoms with Gasteiger partial charge in [0.05, 0.1) is 23.8 Å². The molecule has 16 nitrogen and oxygen atoms in total. The van der Waals surface area contributed by atoms with Crippen molar-refractivity contribution in [3.63, 3.8) is 0 Å². The molecule has 20 heteroatoms. The zero-order valence-corrected chi connectivity index (χ0v) is 24.1. The number of aromatic nitrogens is 6. The number of fused-ring (bicyclic) bond motifs is 2. The summed E-state index contributed by atoms with van der Waals surface area (Å²) in [7, 11) is -7.65. The van der Waals surface area contributed by atoms with Crippen molar-refractivity contribution in [3.8, 4) is 34.0 Å². The number of imidazole rings is 2. The van der Waals surface area contributed by atoms with Gasteiger partial charge in [-0.25, -0.2) is 50.9 Å². The molecule has 0 fully saturated rings. The Bertz CT molecular complexity index is 2070. The van der Waals surface area contributed by atoms with Crippen LogP contribution in [0.25, 0.3) is 32.4 Å². The second-order valence-electron chi connectivity index (χ2n) is 8.29. The first kappa shape index (κ1) is 29.0. The number of primary sulfonamides is 2. The van der Waals surface area contributed by atoms with Crippen LogP contribution < -0.4 is 15.0 Å². The van der Waals surface area contributed by atoms with E-state index in [0.717, 1.165) is 33.8 Å². The molecule has 2 aromatic carbocycles. The molecule has 0 aliphatic carbocycles. The first-order chi connectivity index (χ1) is 19.8. The minimum atomic E-state index is -3.85. The van der Waals surface area contributed by atoms with Gasteiger partial charge >= 0.3 is 5.97 Å². The van der Waals surface area contributed by atoms with Gasteiger partial charge in [0.25, 0.3) is 20.0 Å². The summed E-state index contributed by atoms with van der Waals surface area (Å²) >= 11 is 1.77. The van der Waals surface area contributed by atoms with E-state index >= 15 is 0 Å². The summed E-state index contributed by atoms with van der Waals surface area (Å²) in [6, 6.07) is 13.2. The monoisotopic (exact) mass is 650 g/mol. The third kappa shape index (κ3) is 6.53. The van der Waals surface area contributed by atoms with E-state index in [4.69, 9.17) is 20.1 Å². The molecule has 6 aromatic rings. The molecule has 0 atom stereocenters. The predicted octanol–water partition coefficient (Wildman–Crippen LogP) is 1.38. The van der Waals surface area contributed by atoms with Crippen LogP contribution in [-0.2, 0) is 24.8 Å². The number of carboxylic acid groups (broad SMARTS) is 1. The molecule has 0 bridgehead atoms. The summed E-state index contributed by atoms with van der Waals surface area (Å²) in [6.45, 7) is -0.417. The van der Waals surface area contributed by atoms with Crippen molar-refractivity contribution >= 4 is 58.6 Å². The van der Waals surface area contributed by atoms with Crippen LogP contribution in [0, 0.1) is 0 Å². The van der Waals surface area contributed by atoms with Crippen molar-refractivity contribution in [1.82, 2.24) is 29.2 Å². The highest BCUT2D eigenvalue weighted by molar-refractivity contribution is 7.91. The van der Waals surface area contributed by atoms with Crippen LogP contribution >= 0.6 is 22.7 Å². The molecule has 0 saturated carbocycles. The van der Waals surface area contributed by atoms with Crippen LogP contribution in [0.3, 0.4) is 0 Å². The lowest BCUT2D eigenvalue weighted by atomic mass is 10.2. The fourth-order valence-electron chi connectivity index (χ4n) is 3.37. The van der Waals surface area contributed by atoms with Crippen LogP contribution in [0.4, 0.5) is 0 Å². The van der Waals surface area contributed by atoms with Gasteiger partial charge in [-0.1, -0.05) is 22.7 Å². The number of aliphatic carboxylic acids is 1. The van der Waals surface area contributed by atoms with E-state index < -0.39 is 32.6 Å². The average molecular weight is 651 g/mol. The smallest absolute Gasteiger partial charge is 0.341 e. The number of phenols is 1. The van der Waals surface area contributed by atoms with Gasteiger partial charge in [-0.3, -0.25) is 0 Å². The van der Waals surface area contributed by atoms with E-state index in [9.17, 15) is 26.7 Å².